The quantitative estimate of drug-likeness (QED) is 0.634. The maximum atomic E-state index is 10.1. The molecule has 2 unspecified atom stereocenters. The van der Waals surface area contributed by atoms with Crippen molar-refractivity contribution in [2.45, 2.75) is 46.6 Å². The molecule has 0 heterocycles. The summed E-state index contributed by atoms with van der Waals surface area (Å²) in [6.07, 6.45) is 3.12. The molecule has 2 nitrogen and oxygen atoms in total. The van der Waals surface area contributed by atoms with E-state index in [0.29, 0.717) is 6.04 Å². The molecule has 0 aromatic carbocycles. The molecule has 1 fully saturated rings. The van der Waals surface area contributed by atoms with Gasteiger partial charge in [-0.15, -0.1) is 0 Å². The lowest BCUT2D eigenvalue weighted by atomic mass is 10.0. The summed E-state index contributed by atoms with van der Waals surface area (Å²) in [6, 6.07) is 0.447. The van der Waals surface area contributed by atoms with E-state index in [2.05, 4.69) is 19.2 Å². The first-order valence-corrected chi connectivity index (χ1v) is 4.93. The first-order valence-electron chi connectivity index (χ1n) is 4.93. The van der Waals surface area contributed by atoms with Gasteiger partial charge in [0.1, 0.15) is 0 Å². The van der Waals surface area contributed by atoms with Gasteiger partial charge in [-0.25, -0.2) is 0 Å². The van der Waals surface area contributed by atoms with Crippen LogP contribution in [-0.4, -0.2) is 12.5 Å². The van der Waals surface area contributed by atoms with Crippen LogP contribution in [0.4, 0.5) is 0 Å². The topological polar surface area (TPSA) is 29.1 Å². The SMILES string of the molecule is CC.CC1CC(NC=O)CC1C. The summed E-state index contributed by atoms with van der Waals surface area (Å²) in [5, 5.41) is 2.82. The van der Waals surface area contributed by atoms with E-state index in [1.807, 2.05) is 13.8 Å². The van der Waals surface area contributed by atoms with Crippen LogP contribution in [0.3, 0.4) is 0 Å². The molecule has 2 heteroatoms. The number of hydrogen-bond acceptors (Lipinski definition) is 1. The van der Waals surface area contributed by atoms with Gasteiger partial charge in [-0.1, -0.05) is 27.7 Å². The van der Waals surface area contributed by atoms with Gasteiger partial charge in [-0.05, 0) is 24.7 Å². The van der Waals surface area contributed by atoms with Crippen LogP contribution in [0.2, 0.25) is 0 Å². The molecule has 1 aliphatic carbocycles. The standard InChI is InChI=1S/C8H15NO.C2H6/c1-6-3-8(9-5-10)4-7(6)2;1-2/h5-8H,3-4H2,1-2H3,(H,9,10);1-2H3. The number of nitrogens with one attached hydrogen (secondary N) is 1. The van der Waals surface area contributed by atoms with Crippen LogP contribution in [0.25, 0.3) is 0 Å². The lowest BCUT2D eigenvalue weighted by Gasteiger charge is -2.05. The Bertz CT molecular complexity index is 115. The molecule has 0 spiro atoms. The number of carbonyl (C=O) groups is 1. The summed E-state index contributed by atoms with van der Waals surface area (Å²) < 4.78 is 0. The molecule has 0 radical (unpaired) electrons. The van der Waals surface area contributed by atoms with Gasteiger partial charge in [0.2, 0.25) is 6.41 Å². The third kappa shape index (κ3) is 3.24. The van der Waals surface area contributed by atoms with E-state index in [4.69, 9.17) is 0 Å². The van der Waals surface area contributed by atoms with Crippen LogP contribution in [-0.2, 0) is 4.79 Å². The minimum Gasteiger partial charge on any atom is -0.356 e. The summed E-state index contributed by atoms with van der Waals surface area (Å²) >= 11 is 0. The van der Waals surface area contributed by atoms with Crippen molar-refractivity contribution in [2.75, 3.05) is 0 Å². The second kappa shape index (κ2) is 6.04. The molecule has 0 aliphatic heterocycles. The minimum absolute atomic E-state index is 0.447. The number of rotatable bonds is 2. The zero-order chi connectivity index (χ0) is 9.56. The molecule has 1 aliphatic rings. The Labute approximate surface area is 75.7 Å². The lowest BCUT2D eigenvalue weighted by Crippen LogP contribution is -2.24. The summed E-state index contributed by atoms with van der Waals surface area (Å²) in [4.78, 5) is 10.1. The molecule has 0 saturated heterocycles. The highest BCUT2D eigenvalue weighted by molar-refractivity contribution is 5.46. The van der Waals surface area contributed by atoms with Crippen LogP contribution in [0.15, 0.2) is 0 Å². The predicted octanol–water partition coefficient (Wildman–Crippen LogP) is 2.19. The van der Waals surface area contributed by atoms with Gasteiger partial charge < -0.3 is 5.32 Å². The van der Waals surface area contributed by atoms with E-state index in [1.54, 1.807) is 0 Å². The fourth-order valence-electron chi connectivity index (χ4n) is 1.69. The summed E-state index contributed by atoms with van der Waals surface area (Å²) in [7, 11) is 0. The van der Waals surface area contributed by atoms with Crippen molar-refractivity contribution in [1.82, 2.24) is 5.32 Å². The first kappa shape index (κ1) is 11.5. The van der Waals surface area contributed by atoms with Crippen LogP contribution >= 0.6 is 0 Å². The molecule has 12 heavy (non-hydrogen) atoms. The monoisotopic (exact) mass is 171 g/mol. The number of hydrogen-bond donors (Lipinski definition) is 1. The molecule has 1 saturated carbocycles. The highest BCUT2D eigenvalue weighted by Crippen LogP contribution is 2.30. The predicted molar refractivity (Wildman–Crippen MR) is 51.9 cm³/mol. The fraction of sp³-hybridized carbons (Fsp3) is 0.900. The Morgan fingerprint density at radius 1 is 1.17 bits per heavy atom. The van der Waals surface area contributed by atoms with Gasteiger partial charge >= 0.3 is 0 Å². The Hall–Kier alpha value is -0.530. The molecule has 2 atom stereocenters. The molecule has 0 aromatic heterocycles. The van der Waals surface area contributed by atoms with Crippen LogP contribution in [0.5, 0.6) is 0 Å². The van der Waals surface area contributed by atoms with Crippen molar-refractivity contribution < 1.29 is 4.79 Å². The average Bonchev–Trinajstić information content (AvgIpc) is 2.36. The minimum atomic E-state index is 0.447. The van der Waals surface area contributed by atoms with Crippen molar-refractivity contribution >= 4 is 6.41 Å². The van der Waals surface area contributed by atoms with Gasteiger partial charge in [-0.2, -0.15) is 0 Å². The fourth-order valence-corrected chi connectivity index (χ4v) is 1.69. The van der Waals surface area contributed by atoms with Crippen LogP contribution in [0, 0.1) is 11.8 Å². The van der Waals surface area contributed by atoms with E-state index in [1.165, 1.54) is 0 Å². The maximum absolute atomic E-state index is 10.1. The molecule has 1 N–H and O–H groups in total. The molecular weight excluding hydrogens is 150 g/mol. The normalized spacial score (nSPS) is 33.5. The smallest absolute Gasteiger partial charge is 0.207 e. The number of carbonyl (C=O) groups excluding carboxylic acids is 1. The average molecular weight is 171 g/mol. The van der Waals surface area contributed by atoms with Crippen molar-refractivity contribution in [2.24, 2.45) is 11.8 Å². The molecule has 0 bridgehead atoms. The summed E-state index contributed by atoms with van der Waals surface area (Å²) in [6.45, 7) is 8.49. The van der Waals surface area contributed by atoms with E-state index in [9.17, 15) is 4.79 Å². The number of amides is 1. The second-order valence-corrected chi connectivity index (χ2v) is 3.41. The van der Waals surface area contributed by atoms with Gasteiger partial charge in [0.15, 0.2) is 0 Å². The Balaban J connectivity index is 0.000000561. The third-order valence-electron chi connectivity index (χ3n) is 2.59. The summed E-state index contributed by atoms with van der Waals surface area (Å²) in [5.41, 5.74) is 0. The largest absolute Gasteiger partial charge is 0.356 e. The molecule has 1 amide bonds. The zero-order valence-electron chi connectivity index (χ0n) is 8.63. The highest BCUT2D eigenvalue weighted by atomic mass is 16.1. The van der Waals surface area contributed by atoms with Gasteiger partial charge in [-0.3, -0.25) is 4.79 Å². The molecular formula is C10H21NO. The van der Waals surface area contributed by atoms with Crippen molar-refractivity contribution in [3.8, 4) is 0 Å². The van der Waals surface area contributed by atoms with Crippen molar-refractivity contribution in [3.05, 3.63) is 0 Å². The maximum Gasteiger partial charge on any atom is 0.207 e. The molecule has 1 rings (SSSR count). The summed E-state index contributed by atoms with van der Waals surface area (Å²) in [5.74, 6) is 1.55. The van der Waals surface area contributed by atoms with Gasteiger partial charge in [0.25, 0.3) is 0 Å². The third-order valence-corrected chi connectivity index (χ3v) is 2.59. The van der Waals surface area contributed by atoms with Gasteiger partial charge in [0.05, 0.1) is 0 Å². The van der Waals surface area contributed by atoms with E-state index in [0.717, 1.165) is 31.1 Å². The Morgan fingerprint density at radius 2 is 1.58 bits per heavy atom. The Kier molecular flexibility index (Phi) is 5.77. The van der Waals surface area contributed by atoms with Crippen LogP contribution in [0.1, 0.15) is 40.5 Å². The van der Waals surface area contributed by atoms with E-state index < -0.39 is 0 Å². The van der Waals surface area contributed by atoms with Crippen LogP contribution < -0.4 is 5.32 Å². The highest BCUT2D eigenvalue weighted by Gasteiger charge is 2.27. The second-order valence-electron chi connectivity index (χ2n) is 3.41. The Morgan fingerprint density at radius 3 is 1.92 bits per heavy atom. The van der Waals surface area contributed by atoms with Crippen molar-refractivity contribution in [1.29, 1.82) is 0 Å². The van der Waals surface area contributed by atoms with Crippen molar-refractivity contribution in [3.63, 3.8) is 0 Å². The molecule has 72 valence electrons. The van der Waals surface area contributed by atoms with Gasteiger partial charge in [0, 0.05) is 6.04 Å². The zero-order valence-corrected chi connectivity index (χ0v) is 8.63. The van der Waals surface area contributed by atoms with E-state index in [-0.39, 0.29) is 0 Å². The first-order chi connectivity index (χ1) is 5.74. The van der Waals surface area contributed by atoms with E-state index >= 15 is 0 Å². The lowest BCUT2D eigenvalue weighted by molar-refractivity contribution is -0.110. The molecule has 0 aromatic rings.